The standard InChI is InChI=1S/C18H20N6O/c25-18(23-12-1-2-12)11-4-7-24(8-5-11)17-15-13-3-6-19-16(13)20-9-14(15)21-10-22-17/h3,6,9-12H,1-2,4-5,7-8H2,(H,19,20)(H,23,25). The minimum absolute atomic E-state index is 0.124. The molecule has 2 N–H and O–H groups in total. The number of carbonyl (C=O) groups is 1. The fourth-order valence-corrected chi connectivity index (χ4v) is 3.68. The van der Waals surface area contributed by atoms with Gasteiger partial charge in [0.1, 0.15) is 17.8 Å². The second kappa shape index (κ2) is 5.68. The first-order valence-electron chi connectivity index (χ1n) is 8.92. The molecule has 0 bridgehead atoms. The Balaban J connectivity index is 1.42. The molecule has 7 nitrogen and oxygen atoms in total. The summed E-state index contributed by atoms with van der Waals surface area (Å²) in [4.78, 5) is 31.0. The Bertz CT molecular complexity index is 939. The van der Waals surface area contributed by atoms with Gasteiger partial charge in [-0.2, -0.15) is 0 Å². The van der Waals surface area contributed by atoms with Gasteiger partial charge >= 0.3 is 0 Å². The van der Waals surface area contributed by atoms with E-state index in [0.717, 1.165) is 66.5 Å². The van der Waals surface area contributed by atoms with Crippen molar-refractivity contribution in [3.05, 3.63) is 24.8 Å². The van der Waals surface area contributed by atoms with Crippen molar-refractivity contribution in [3.63, 3.8) is 0 Å². The van der Waals surface area contributed by atoms with Crippen molar-refractivity contribution in [2.24, 2.45) is 5.92 Å². The summed E-state index contributed by atoms with van der Waals surface area (Å²) in [5.41, 5.74) is 1.70. The van der Waals surface area contributed by atoms with E-state index in [-0.39, 0.29) is 11.8 Å². The van der Waals surface area contributed by atoms with Crippen molar-refractivity contribution < 1.29 is 4.79 Å². The van der Waals surface area contributed by atoms with E-state index in [4.69, 9.17) is 0 Å². The number of hydrogen-bond donors (Lipinski definition) is 2. The molecule has 2 aliphatic rings. The Labute approximate surface area is 144 Å². The average molecular weight is 336 g/mol. The lowest BCUT2D eigenvalue weighted by molar-refractivity contribution is -0.125. The number of nitrogens with one attached hydrogen (secondary N) is 2. The van der Waals surface area contributed by atoms with Gasteiger partial charge in [0.2, 0.25) is 5.91 Å². The van der Waals surface area contributed by atoms with Gasteiger partial charge in [-0.3, -0.25) is 4.79 Å². The first-order chi connectivity index (χ1) is 12.3. The molecule has 0 radical (unpaired) electrons. The van der Waals surface area contributed by atoms with Gasteiger partial charge in [-0.1, -0.05) is 0 Å². The number of amides is 1. The Morgan fingerprint density at radius 1 is 1.16 bits per heavy atom. The number of nitrogens with zero attached hydrogens (tertiary/aromatic N) is 4. The van der Waals surface area contributed by atoms with Crippen LogP contribution in [0.3, 0.4) is 0 Å². The summed E-state index contributed by atoms with van der Waals surface area (Å²) < 4.78 is 0. The molecule has 7 heteroatoms. The largest absolute Gasteiger partial charge is 0.356 e. The van der Waals surface area contributed by atoms with Crippen LogP contribution < -0.4 is 10.2 Å². The third-order valence-corrected chi connectivity index (χ3v) is 5.26. The predicted octanol–water partition coefficient (Wildman–Crippen LogP) is 2.00. The quantitative estimate of drug-likeness (QED) is 0.764. The summed E-state index contributed by atoms with van der Waals surface area (Å²) in [6.07, 6.45) is 9.29. The first kappa shape index (κ1) is 14.6. The fourth-order valence-electron chi connectivity index (χ4n) is 3.68. The van der Waals surface area contributed by atoms with Crippen LogP contribution in [0.4, 0.5) is 5.82 Å². The molecule has 25 heavy (non-hydrogen) atoms. The number of H-pyrrole nitrogens is 1. The van der Waals surface area contributed by atoms with E-state index >= 15 is 0 Å². The van der Waals surface area contributed by atoms with Crippen molar-refractivity contribution in [1.29, 1.82) is 0 Å². The molecule has 5 rings (SSSR count). The normalized spacial score (nSPS) is 18.8. The second-order valence-electron chi connectivity index (χ2n) is 7.00. The molecule has 1 saturated heterocycles. The zero-order valence-electron chi connectivity index (χ0n) is 13.9. The lowest BCUT2D eigenvalue weighted by Crippen LogP contribution is -2.41. The van der Waals surface area contributed by atoms with Crippen molar-refractivity contribution >= 4 is 33.7 Å². The number of fused-ring (bicyclic) bond motifs is 3. The Hall–Kier alpha value is -2.70. The molecule has 1 aliphatic carbocycles. The van der Waals surface area contributed by atoms with E-state index < -0.39 is 0 Å². The van der Waals surface area contributed by atoms with Crippen LogP contribution in [0.1, 0.15) is 25.7 Å². The molecule has 3 aromatic rings. The van der Waals surface area contributed by atoms with Crippen molar-refractivity contribution in [3.8, 4) is 0 Å². The number of pyridine rings is 1. The summed E-state index contributed by atoms with van der Waals surface area (Å²) in [6, 6.07) is 2.46. The zero-order chi connectivity index (χ0) is 16.8. The van der Waals surface area contributed by atoms with Gasteiger partial charge in [0.15, 0.2) is 0 Å². The van der Waals surface area contributed by atoms with Crippen LogP contribution >= 0.6 is 0 Å². The topological polar surface area (TPSA) is 86.8 Å². The molecule has 1 aliphatic heterocycles. The molecule has 3 aromatic heterocycles. The van der Waals surface area contributed by atoms with E-state index in [1.54, 1.807) is 12.5 Å². The van der Waals surface area contributed by atoms with Crippen LogP contribution in [-0.4, -0.2) is 45.0 Å². The minimum atomic E-state index is 0.124. The van der Waals surface area contributed by atoms with Gasteiger partial charge in [0, 0.05) is 36.6 Å². The Morgan fingerprint density at radius 2 is 2.00 bits per heavy atom. The molecular formula is C18H20N6O. The zero-order valence-corrected chi connectivity index (χ0v) is 13.9. The first-order valence-corrected chi connectivity index (χ1v) is 8.92. The van der Waals surface area contributed by atoms with Gasteiger partial charge in [-0.15, -0.1) is 0 Å². The number of aromatic nitrogens is 4. The van der Waals surface area contributed by atoms with Crippen molar-refractivity contribution in [1.82, 2.24) is 25.3 Å². The minimum Gasteiger partial charge on any atom is -0.356 e. The van der Waals surface area contributed by atoms with Crippen LogP contribution in [0.25, 0.3) is 21.9 Å². The third kappa shape index (κ3) is 2.59. The molecule has 4 heterocycles. The molecule has 2 fully saturated rings. The number of rotatable bonds is 3. The van der Waals surface area contributed by atoms with Gasteiger partial charge in [-0.25, -0.2) is 15.0 Å². The predicted molar refractivity (Wildman–Crippen MR) is 95.3 cm³/mol. The van der Waals surface area contributed by atoms with Crippen LogP contribution in [-0.2, 0) is 4.79 Å². The molecule has 0 aromatic carbocycles. The SMILES string of the molecule is O=C(NC1CC1)C1CCN(c2ncnc3cnc4[nH]ccc4c23)CC1. The number of carbonyl (C=O) groups excluding carboxylic acids is 1. The number of aromatic amines is 1. The lowest BCUT2D eigenvalue weighted by Gasteiger charge is -2.32. The molecule has 0 unspecified atom stereocenters. The maximum atomic E-state index is 12.3. The molecule has 0 spiro atoms. The molecule has 0 atom stereocenters. The van der Waals surface area contributed by atoms with Gasteiger partial charge < -0.3 is 15.2 Å². The Morgan fingerprint density at radius 3 is 2.80 bits per heavy atom. The Kier molecular flexibility index (Phi) is 3.33. The fraction of sp³-hybridized carbons (Fsp3) is 0.444. The van der Waals surface area contributed by atoms with E-state index in [2.05, 4.69) is 30.2 Å². The van der Waals surface area contributed by atoms with Gasteiger partial charge in [0.05, 0.1) is 17.1 Å². The van der Waals surface area contributed by atoms with Gasteiger partial charge in [0.25, 0.3) is 0 Å². The summed E-state index contributed by atoms with van der Waals surface area (Å²) in [5, 5.41) is 5.21. The maximum Gasteiger partial charge on any atom is 0.223 e. The van der Waals surface area contributed by atoms with Crippen molar-refractivity contribution in [2.75, 3.05) is 18.0 Å². The number of anilines is 1. The van der Waals surface area contributed by atoms with E-state index in [1.165, 1.54) is 0 Å². The molecule has 128 valence electrons. The van der Waals surface area contributed by atoms with Crippen LogP contribution in [0.15, 0.2) is 24.8 Å². The molecule has 1 amide bonds. The smallest absolute Gasteiger partial charge is 0.223 e. The highest BCUT2D eigenvalue weighted by Gasteiger charge is 2.30. The average Bonchev–Trinajstić information content (AvgIpc) is 3.33. The van der Waals surface area contributed by atoms with Crippen molar-refractivity contribution in [2.45, 2.75) is 31.7 Å². The highest BCUT2D eigenvalue weighted by atomic mass is 16.2. The van der Waals surface area contributed by atoms with Gasteiger partial charge in [-0.05, 0) is 31.7 Å². The van der Waals surface area contributed by atoms with Crippen LogP contribution in [0.2, 0.25) is 0 Å². The summed E-state index contributed by atoms with van der Waals surface area (Å²) in [5.74, 6) is 1.30. The summed E-state index contributed by atoms with van der Waals surface area (Å²) >= 11 is 0. The second-order valence-corrected chi connectivity index (χ2v) is 7.00. The lowest BCUT2D eigenvalue weighted by atomic mass is 9.95. The van der Waals surface area contributed by atoms with E-state index in [0.29, 0.717) is 6.04 Å². The van der Waals surface area contributed by atoms with Crippen LogP contribution in [0, 0.1) is 5.92 Å². The molecule has 1 saturated carbocycles. The van der Waals surface area contributed by atoms with Crippen LogP contribution in [0.5, 0.6) is 0 Å². The third-order valence-electron chi connectivity index (χ3n) is 5.26. The monoisotopic (exact) mass is 336 g/mol. The number of piperidine rings is 1. The highest BCUT2D eigenvalue weighted by molar-refractivity contribution is 6.08. The summed E-state index contributed by atoms with van der Waals surface area (Å²) in [7, 11) is 0. The summed E-state index contributed by atoms with van der Waals surface area (Å²) in [6.45, 7) is 1.67. The van der Waals surface area contributed by atoms with E-state index in [9.17, 15) is 4.79 Å². The van der Waals surface area contributed by atoms with E-state index in [1.807, 2.05) is 12.3 Å². The highest BCUT2D eigenvalue weighted by Crippen LogP contribution is 2.32. The maximum absolute atomic E-state index is 12.3. The molecular weight excluding hydrogens is 316 g/mol. The number of hydrogen-bond acceptors (Lipinski definition) is 5.